The lowest BCUT2D eigenvalue weighted by Gasteiger charge is -2.29. The highest BCUT2D eigenvalue weighted by atomic mass is 16.5. The van der Waals surface area contributed by atoms with E-state index in [-0.39, 0.29) is 12.5 Å². The molecule has 3 heterocycles. The zero-order valence-electron chi connectivity index (χ0n) is 20.9. The molecule has 6 nitrogen and oxygen atoms in total. The van der Waals surface area contributed by atoms with E-state index in [1.165, 1.54) is 5.39 Å². The first-order valence-corrected chi connectivity index (χ1v) is 12.9. The Labute approximate surface area is 224 Å². The largest absolute Gasteiger partial charge is 0.486 e. The molecule has 0 bridgehead atoms. The average Bonchev–Trinajstić information content (AvgIpc) is 3.42. The molecule has 2 aromatic heterocycles. The fraction of sp³-hybridized carbons (Fsp3) is 0.0606. The number of fused-ring (bicyclic) bond motifs is 7. The van der Waals surface area contributed by atoms with Crippen LogP contribution in [0.15, 0.2) is 116 Å². The van der Waals surface area contributed by atoms with Crippen LogP contribution in [0.3, 0.4) is 0 Å². The number of hydrogen-bond donors (Lipinski definition) is 0. The van der Waals surface area contributed by atoms with Crippen LogP contribution < -0.4 is 9.47 Å². The van der Waals surface area contributed by atoms with Crippen molar-refractivity contribution in [2.24, 2.45) is 0 Å². The molecule has 1 atom stereocenters. The van der Waals surface area contributed by atoms with E-state index in [4.69, 9.17) is 19.6 Å². The summed E-state index contributed by atoms with van der Waals surface area (Å²) in [6.07, 6.45) is 1.66. The van der Waals surface area contributed by atoms with Crippen LogP contribution in [-0.2, 0) is 6.61 Å². The van der Waals surface area contributed by atoms with Crippen molar-refractivity contribution in [3.63, 3.8) is 0 Å². The van der Waals surface area contributed by atoms with E-state index in [1.54, 1.807) is 10.8 Å². The third-order valence-electron chi connectivity index (χ3n) is 7.37. The van der Waals surface area contributed by atoms with Gasteiger partial charge in [0, 0.05) is 11.5 Å². The number of hydrogen-bond acceptors (Lipinski definition) is 5. The Bertz CT molecular complexity index is 2020. The second-order valence-corrected chi connectivity index (χ2v) is 9.70. The maximum absolute atomic E-state index is 6.40. The number of aromatic nitrogens is 4. The molecule has 1 aliphatic rings. The maximum atomic E-state index is 6.40. The summed E-state index contributed by atoms with van der Waals surface area (Å²) in [5.74, 6) is 2.60. The van der Waals surface area contributed by atoms with Crippen LogP contribution in [0, 0.1) is 0 Å². The number of nitrogens with zero attached hydrogens (tertiary/aromatic N) is 4. The Kier molecular flexibility index (Phi) is 4.85. The molecule has 39 heavy (non-hydrogen) atoms. The van der Waals surface area contributed by atoms with Gasteiger partial charge < -0.3 is 9.47 Å². The van der Waals surface area contributed by atoms with Crippen molar-refractivity contribution in [3.05, 3.63) is 138 Å². The molecule has 0 N–H and O–H groups in total. The van der Waals surface area contributed by atoms with Crippen molar-refractivity contribution < 1.29 is 9.47 Å². The molecule has 5 aromatic carbocycles. The van der Waals surface area contributed by atoms with E-state index < -0.39 is 0 Å². The van der Waals surface area contributed by atoms with Gasteiger partial charge in [0.25, 0.3) is 0 Å². The molecule has 0 spiro atoms. The van der Waals surface area contributed by atoms with Gasteiger partial charge in [0.15, 0.2) is 11.5 Å². The molecule has 0 radical (unpaired) electrons. The van der Waals surface area contributed by atoms with Crippen molar-refractivity contribution in [2.75, 3.05) is 0 Å². The third-order valence-corrected chi connectivity index (χ3v) is 7.37. The topological polar surface area (TPSA) is 61.5 Å². The van der Waals surface area contributed by atoms with E-state index in [1.807, 2.05) is 36.4 Å². The molecule has 0 saturated heterocycles. The molecule has 1 aliphatic heterocycles. The van der Waals surface area contributed by atoms with Gasteiger partial charge in [-0.25, -0.2) is 14.5 Å². The smallest absolute Gasteiger partial charge is 0.228 e. The van der Waals surface area contributed by atoms with Gasteiger partial charge in [0.05, 0.1) is 5.56 Å². The standard InChI is InChI=1S/C33H22N4O2/c1-2-10-23(11-3-1)29-30-26-13-7-6-9-22(26)15-17-27(30)39-33-31(29)32-35-28(36-37(32)20-34-33)19-38-25-16-14-21-8-4-5-12-24(21)18-25/h1-18,20,29H,19H2/t29-/m0/s1. The number of ether oxygens (including phenoxy) is 2. The maximum Gasteiger partial charge on any atom is 0.228 e. The van der Waals surface area contributed by atoms with Crippen molar-refractivity contribution in [1.82, 2.24) is 19.6 Å². The monoisotopic (exact) mass is 506 g/mol. The first-order chi connectivity index (χ1) is 19.3. The highest BCUT2D eigenvalue weighted by molar-refractivity contribution is 5.91. The van der Waals surface area contributed by atoms with Crippen LogP contribution in [0.2, 0.25) is 0 Å². The van der Waals surface area contributed by atoms with Crippen molar-refractivity contribution >= 4 is 27.2 Å². The van der Waals surface area contributed by atoms with Gasteiger partial charge in [-0.2, -0.15) is 0 Å². The fourth-order valence-electron chi connectivity index (χ4n) is 5.59. The van der Waals surface area contributed by atoms with E-state index in [0.717, 1.165) is 44.3 Å². The van der Waals surface area contributed by atoms with Crippen molar-refractivity contribution in [2.45, 2.75) is 12.5 Å². The van der Waals surface area contributed by atoms with Crippen LogP contribution in [0.1, 0.15) is 28.4 Å². The van der Waals surface area contributed by atoms with Gasteiger partial charge in [0.1, 0.15) is 24.4 Å². The van der Waals surface area contributed by atoms with Crippen LogP contribution in [0.5, 0.6) is 17.4 Å². The first kappa shape index (κ1) is 21.8. The zero-order chi connectivity index (χ0) is 25.8. The lowest BCUT2D eigenvalue weighted by Crippen LogP contribution is -2.15. The quantitative estimate of drug-likeness (QED) is 0.251. The van der Waals surface area contributed by atoms with E-state index in [9.17, 15) is 0 Å². The van der Waals surface area contributed by atoms with Crippen LogP contribution in [0.4, 0.5) is 0 Å². The fourth-order valence-corrected chi connectivity index (χ4v) is 5.59. The summed E-state index contributed by atoms with van der Waals surface area (Å²) in [4.78, 5) is 9.60. The summed E-state index contributed by atoms with van der Waals surface area (Å²) < 4.78 is 14.2. The normalized spacial score (nSPS) is 14.2. The summed E-state index contributed by atoms with van der Waals surface area (Å²) in [5.41, 5.74) is 3.87. The summed E-state index contributed by atoms with van der Waals surface area (Å²) in [5, 5.41) is 9.32. The Hall–Kier alpha value is -5.23. The van der Waals surface area contributed by atoms with Crippen LogP contribution in [-0.4, -0.2) is 19.6 Å². The van der Waals surface area contributed by atoms with Crippen LogP contribution >= 0.6 is 0 Å². The molecule has 0 aliphatic carbocycles. The molecule has 8 rings (SSSR count). The molecule has 186 valence electrons. The predicted molar refractivity (Wildman–Crippen MR) is 150 cm³/mol. The second kappa shape index (κ2) is 8.67. The lowest BCUT2D eigenvalue weighted by atomic mass is 9.81. The van der Waals surface area contributed by atoms with E-state index >= 15 is 0 Å². The van der Waals surface area contributed by atoms with Gasteiger partial charge in [0.2, 0.25) is 5.88 Å². The molecular formula is C33H22N4O2. The third kappa shape index (κ3) is 3.61. The first-order valence-electron chi connectivity index (χ1n) is 12.9. The van der Waals surface area contributed by atoms with Gasteiger partial charge in [-0.3, -0.25) is 0 Å². The highest BCUT2D eigenvalue weighted by Gasteiger charge is 2.34. The SMILES string of the molecule is c1ccc([C@H]2c3c(ccc4ccccc34)Oc3ncn4nc(COc5ccc6ccccc6c5)nc4c32)cc1. The number of benzene rings is 5. The van der Waals surface area contributed by atoms with Crippen LogP contribution in [0.25, 0.3) is 27.2 Å². The minimum atomic E-state index is -0.120. The van der Waals surface area contributed by atoms with Gasteiger partial charge >= 0.3 is 0 Å². The summed E-state index contributed by atoms with van der Waals surface area (Å²) in [6, 6.07) is 37.3. The van der Waals surface area contributed by atoms with Crippen molar-refractivity contribution in [1.29, 1.82) is 0 Å². The lowest BCUT2D eigenvalue weighted by molar-refractivity contribution is 0.296. The van der Waals surface area contributed by atoms with E-state index in [0.29, 0.717) is 17.4 Å². The van der Waals surface area contributed by atoms with Gasteiger partial charge in [-0.05, 0) is 45.3 Å². The summed E-state index contributed by atoms with van der Waals surface area (Å²) in [6.45, 7) is 0.241. The summed E-state index contributed by atoms with van der Waals surface area (Å²) >= 11 is 0. The highest BCUT2D eigenvalue weighted by Crippen LogP contribution is 2.50. The minimum absolute atomic E-state index is 0.120. The van der Waals surface area contributed by atoms with Gasteiger partial charge in [-0.15, -0.1) is 5.10 Å². The predicted octanol–water partition coefficient (Wildman–Crippen LogP) is 7.30. The second-order valence-electron chi connectivity index (χ2n) is 9.70. The van der Waals surface area contributed by atoms with Crippen molar-refractivity contribution in [3.8, 4) is 17.4 Å². The molecule has 0 amide bonds. The molecule has 7 aromatic rings. The Balaban J connectivity index is 1.24. The molecular weight excluding hydrogens is 484 g/mol. The molecule has 0 saturated carbocycles. The Morgan fingerprint density at radius 1 is 0.744 bits per heavy atom. The minimum Gasteiger partial charge on any atom is -0.486 e. The van der Waals surface area contributed by atoms with Gasteiger partial charge in [-0.1, -0.05) is 91.0 Å². The number of rotatable bonds is 4. The Morgan fingerprint density at radius 3 is 2.41 bits per heavy atom. The molecule has 6 heteroatoms. The zero-order valence-corrected chi connectivity index (χ0v) is 20.9. The molecule has 0 unspecified atom stereocenters. The summed E-state index contributed by atoms with van der Waals surface area (Å²) in [7, 11) is 0. The Morgan fingerprint density at radius 2 is 1.51 bits per heavy atom. The average molecular weight is 507 g/mol. The molecule has 0 fully saturated rings. The van der Waals surface area contributed by atoms with E-state index in [2.05, 4.69) is 77.8 Å².